The van der Waals surface area contributed by atoms with Gasteiger partial charge in [-0.3, -0.25) is 0 Å². The molecule has 2 fully saturated rings. The first-order valence-electron chi connectivity index (χ1n) is 8.35. The summed E-state index contributed by atoms with van der Waals surface area (Å²) in [4.78, 5) is 0. The average molecular weight is 350 g/mol. The van der Waals surface area contributed by atoms with Crippen LogP contribution in [0.3, 0.4) is 0 Å². The minimum Gasteiger partial charge on any atom is -0.394 e. The molecule has 0 aromatic rings. The van der Waals surface area contributed by atoms with Gasteiger partial charge in [0.05, 0.1) is 43.6 Å². The fourth-order valence-corrected chi connectivity index (χ4v) is 3.26. The van der Waals surface area contributed by atoms with E-state index in [9.17, 15) is 20.4 Å². The summed E-state index contributed by atoms with van der Waals surface area (Å²) in [5, 5.41) is 39.3. The van der Waals surface area contributed by atoms with Gasteiger partial charge >= 0.3 is 0 Å². The Morgan fingerprint density at radius 3 is 2.29 bits per heavy atom. The van der Waals surface area contributed by atoms with E-state index in [0.29, 0.717) is 0 Å². The quantitative estimate of drug-likeness (QED) is 0.309. The van der Waals surface area contributed by atoms with Crippen LogP contribution in [0.15, 0.2) is 0 Å². The second-order valence-electron chi connectivity index (χ2n) is 6.92. The van der Waals surface area contributed by atoms with Gasteiger partial charge in [-0.1, -0.05) is 13.8 Å². The fraction of sp³-hybridized carbons (Fsp3) is 1.00. The molecule has 0 aromatic heterocycles. The van der Waals surface area contributed by atoms with Gasteiger partial charge in [0.2, 0.25) is 0 Å². The second-order valence-corrected chi connectivity index (χ2v) is 6.92. The Morgan fingerprint density at radius 2 is 1.75 bits per heavy atom. The van der Waals surface area contributed by atoms with Crippen LogP contribution in [-0.2, 0) is 14.2 Å². The largest absolute Gasteiger partial charge is 0.394 e. The highest BCUT2D eigenvalue weighted by Crippen LogP contribution is 2.29. The van der Waals surface area contributed by atoms with Gasteiger partial charge in [-0.05, 0) is 5.92 Å². The monoisotopic (exact) mass is 350 g/mol. The molecule has 2 heterocycles. The molecule has 0 spiro atoms. The third kappa shape index (κ3) is 4.06. The number of aliphatic hydroxyl groups excluding tert-OH is 4. The first-order chi connectivity index (χ1) is 11.3. The molecule has 0 bridgehead atoms. The maximum Gasteiger partial charge on any atom is 0.176 e. The van der Waals surface area contributed by atoms with E-state index in [2.05, 4.69) is 0 Å². The molecule has 2 aliphatic heterocycles. The van der Waals surface area contributed by atoms with Gasteiger partial charge in [-0.2, -0.15) is 0 Å². The molecule has 2 rings (SSSR count). The molecule has 2 saturated heterocycles. The molecule has 0 aromatic carbocycles. The lowest BCUT2D eigenvalue weighted by Gasteiger charge is -2.47. The number of ether oxygens (including phenoxy) is 3. The molecule has 9 heteroatoms. The van der Waals surface area contributed by atoms with Crippen LogP contribution >= 0.6 is 0 Å². The molecule has 8 N–H and O–H groups in total. The SMILES string of the molecule is CC(C)C1OC(CO)C(OC2OC(CO)CC(O)C2N)C(O)C1N. The molecule has 24 heavy (non-hydrogen) atoms. The maximum atomic E-state index is 10.5. The summed E-state index contributed by atoms with van der Waals surface area (Å²) in [7, 11) is 0. The number of hydrogen-bond donors (Lipinski definition) is 6. The number of rotatable bonds is 5. The van der Waals surface area contributed by atoms with Gasteiger partial charge in [-0.15, -0.1) is 0 Å². The van der Waals surface area contributed by atoms with Crippen LogP contribution in [-0.4, -0.2) is 88.6 Å². The van der Waals surface area contributed by atoms with E-state index in [1.807, 2.05) is 13.8 Å². The highest BCUT2D eigenvalue weighted by molar-refractivity contribution is 4.97. The van der Waals surface area contributed by atoms with Crippen molar-refractivity contribution in [1.29, 1.82) is 0 Å². The first-order valence-corrected chi connectivity index (χ1v) is 8.35. The Hall–Kier alpha value is -0.360. The third-order valence-electron chi connectivity index (χ3n) is 4.73. The molecular weight excluding hydrogens is 320 g/mol. The van der Waals surface area contributed by atoms with E-state index in [1.165, 1.54) is 0 Å². The Balaban J connectivity index is 2.11. The summed E-state index contributed by atoms with van der Waals surface area (Å²) in [6.07, 6.45) is -5.65. The van der Waals surface area contributed by atoms with Crippen LogP contribution < -0.4 is 11.5 Å². The summed E-state index contributed by atoms with van der Waals surface area (Å²) in [5.74, 6) is 0.0541. The van der Waals surface area contributed by atoms with Crippen molar-refractivity contribution in [1.82, 2.24) is 0 Å². The normalized spacial score (nSPS) is 47.1. The maximum absolute atomic E-state index is 10.5. The van der Waals surface area contributed by atoms with Gasteiger partial charge in [0, 0.05) is 6.42 Å². The van der Waals surface area contributed by atoms with Crippen molar-refractivity contribution in [3.63, 3.8) is 0 Å². The topological polar surface area (TPSA) is 161 Å². The molecule has 0 saturated carbocycles. The van der Waals surface area contributed by atoms with Crippen LogP contribution in [0.2, 0.25) is 0 Å². The third-order valence-corrected chi connectivity index (χ3v) is 4.73. The summed E-state index contributed by atoms with van der Waals surface area (Å²) in [6, 6.07) is -1.55. The molecular formula is C15H30N2O7. The van der Waals surface area contributed by atoms with Crippen molar-refractivity contribution in [2.24, 2.45) is 17.4 Å². The van der Waals surface area contributed by atoms with Crippen molar-refractivity contribution >= 4 is 0 Å². The van der Waals surface area contributed by atoms with Crippen molar-refractivity contribution in [3.8, 4) is 0 Å². The van der Waals surface area contributed by atoms with Gasteiger partial charge in [0.25, 0.3) is 0 Å². The standard InChI is InChI=1S/C15H30N2O7/c1-6(2)13-11(17)12(21)14(9(5-19)23-13)24-15-10(16)8(20)3-7(4-18)22-15/h6-15,18-21H,3-5,16-17H2,1-2H3. The lowest BCUT2D eigenvalue weighted by Crippen LogP contribution is -2.66. The minimum absolute atomic E-state index is 0.0541. The highest BCUT2D eigenvalue weighted by Gasteiger charge is 2.47. The summed E-state index contributed by atoms with van der Waals surface area (Å²) >= 11 is 0. The van der Waals surface area contributed by atoms with E-state index in [0.717, 1.165) is 0 Å². The molecule has 9 unspecified atom stereocenters. The zero-order valence-electron chi connectivity index (χ0n) is 14.1. The van der Waals surface area contributed by atoms with E-state index >= 15 is 0 Å². The van der Waals surface area contributed by atoms with E-state index < -0.39 is 55.0 Å². The summed E-state index contributed by atoms with van der Waals surface area (Å²) in [6.45, 7) is 3.17. The van der Waals surface area contributed by atoms with Crippen molar-refractivity contribution < 1.29 is 34.6 Å². The van der Waals surface area contributed by atoms with Gasteiger partial charge < -0.3 is 46.1 Å². The zero-order valence-corrected chi connectivity index (χ0v) is 14.1. The molecule has 0 amide bonds. The lowest BCUT2D eigenvalue weighted by molar-refractivity contribution is -0.296. The lowest BCUT2D eigenvalue weighted by atomic mass is 9.88. The van der Waals surface area contributed by atoms with Crippen LogP contribution in [0.5, 0.6) is 0 Å². The van der Waals surface area contributed by atoms with Crippen molar-refractivity contribution in [2.45, 2.75) is 75.3 Å². The number of aliphatic hydroxyl groups is 4. The van der Waals surface area contributed by atoms with Gasteiger partial charge in [-0.25, -0.2) is 0 Å². The fourth-order valence-electron chi connectivity index (χ4n) is 3.26. The van der Waals surface area contributed by atoms with Gasteiger partial charge in [0.15, 0.2) is 6.29 Å². The molecule has 0 aliphatic carbocycles. The van der Waals surface area contributed by atoms with Crippen LogP contribution in [0, 0.1) is 5.92 Å². The summed E-state index contributed by atoms with van der Waals surface area (Å²) in [5.41, 5.74) is 12.0. The summed E-state index contributed by atoms with van der Waals surface area (Å²) < 4.78 is 17.0. The van der Waals surface area contributed by atoms with Crippen LogP contribution in [0.1, 0.15) is 20.3 Å². The second kappa shape index (κ2) is 8.35. The molecule has 142 valence electrons. The Bertz CT molecular complexity index is 398. The zero-order chi connectivity index (χ0) is 18.0. The van der Waals surface area contributed by atoms with Crippen LogP contribution in [0.25, 0.3) is 0 Å². The minimum atomic E-state index is -1.09. The molecule has 9 atom stereocenters. The van der Waals surface area contributed by atoms with Crippen LogP contribution in [0.4, 0.5) is 0 Å². The number of nitrogens with two attached hydrogens (primary N) is 2. The Labute approximate surface area is 141 Å². The molecule has 0 radical (unpaired) electrons. The smallest absolute Gasteiger partial charge is 0.176 e. The highest BCUT2D eigenvalue weighted by atomic mass is 16.7. The van der Waals surface area contributed by atoms with E-state index in [-0.39, 0.29) is 25.6 Å². The Kier molecular flexibility index (Phi) is 6.94. The van der Waals surface area contributed by atoms with Crippen molar-refractivity contribution in [2.75, 3.05) is 13.2 Å². The average Bonchev–Trinajstić information content (AvgIpc) is 2.55. The molecule has 2 aliphatic rings. The van der Waals surface area contributed by atoms with Crippen molar-refractivity contribution in [3.05, 3.63) is 0 Å². The first kappa shape index (κ1) is 20.0. The predicted molar refractivity (Wildman–Crippen MR) is 83.8 cm³/mol. The number of hydrogen-bond acceptors (Lipinski definition) is 9. The molecule has 9 nitrogen and oxygen atoms in total. The van der Waals surface area contributed by atoms with E-state index in [4.69, 9.17) is 25.7 Å². The Morgan fingerprint density at radius 1 is 1.08 bits per heavy atom. The van der Waals surface area contributed by atoms with E-state index in [1.54, 1.807) is 0 Å². The van der Waals surface area contributed by atoms with Gasteiger partial charge in [0.1, 0.15) is 18.3 Å². The predicted octanol–water partition coefficient (Wildman–Crippen LogP) is -2.73.